The molecule has 2 atom stereocenters. The van der Waals surface area contributed by atoms with Gasteiger partial charge in [0.1, 0.15) is 0 Å². The zero-order chi connectivity index (χ0) is 13.1. The summed E-state index contributed by atoms with van der Waals surface area (Å²) in [6.45, 7) is 2.86. The molecule has 0 radical (unpaired) electrons. The SMILES string of the molecule is CNc1ccc(C(=O)N2CCC(C)C2CO)cc1. The Hall–Kier alpha value is -1.55. The van der Waals surface area contributed by atoms with E-state index in [1.807, 2.05) is 31.3 Å². The second-order valence-electron chi connectivity index (χ2n) is 4.84. The fourth-order valence-corrected chi connectivity index (χ4v) is 2.48. The van der Waals surface area contributed by atoms with Gasteiger partial charge >= 0.3 is 0 Å². The van der Waals surface area contributed by atoms with Gasteiger partial charge in [0.25, 0.3) is 5.91 Å². The molecule has 1 aliphatic heterocycles. The number of carbonyl (C=O) groups is 1. The van der Waals surface area contributed by atoms with Crippen molar-refractivity contribution >= 4 is 11.6 Å². The van der Waals surface area contributed by atoms with Gasteiger partial charge in [0.2, 0.25) is 0 Å². The van der Waals surface area contributed by atoms with E-state index in [4.69, 9.17) is 0 Å². The Morgan fingerprint density at radius 1 is 1.44 bits per heavy atom. The van der Waals surface area contributed by atoms with E-state index in [0.717, 1.165) is 18.7 Å². The number of nitrogens with one attached hydrogen (secondary N) is 1. The van der Waals surface area contributed by atoms with Gasteiger partial charge in [0.15, 0.2) is 0 Å². The van der Waals surface area contributed by atoms with E-state index in [9.17, 15) is 9.90 Å². The van der Waals surface area contributed by atoms with Crippen LogP contribution < -0.4 is 5.32 Å². The Bertz CT molecular complexity index is 416. The van der Waals surface area contributed by atoms with E-state index in [2.05, 4.69) is 12.2 Å². The molecule has 1 heterocycles. The first-order valence-corrected chi connectivity index (χ1v) is 6.37. The third-order valence-corrected chi connectivity index (χ3v) is 3.75. The number of carbonyl (C=O) groups excluding carboxylic acids is 1. The van der Waals surface area contributed by atoms with Crippen molar-refractivity contribution in [3.63, 3.8) is 0 Å². The number of amides is 1. The molecule has 4 nitrogen and oxygen atoms in total. The Kier molecular flexibility index (Phi) is 3.87. The first kappa shape index (κ1) is 12.9. The topological polar surface area (TPSA) is 52.6 Å². The van der Waals surface area contributed by atoms with Crippen molar-refractivity contribution in [1.82, 2.24) is 4.90 Å². The van der Waals surface area contributed by atoms with E-state index in [1.165, 1.54) is 0 Å². The summed E-state index contributed by atoms with van der Waals surface area (Å²) >= 11 is 0. The van der Waals surface area contributed by atoms with Crippen molar-refractivity contribution in [3.8, 4) is 0 Å². The second-order valence-corrected chi connectivity index (χ2v) is 4.84. The molecule has 1 aromatic rings. The summed E-state index contributed by atoms with van der Waals surface area (Å²) < 4.78 is 0. The van der Waals surface area contributed by atoms with E-state index < -0.39 is 0 Å². The lowest BCUT2D eigenvalue weighted by molar-refractivity contribution is 0.0648. The summed E-state index contributed by atoms with van der Waals surface area (Å²) in [6.07, 6.45) is 0.964. The van der Waals surface area contributed by atoms with Crippen LogP contribution in [0.25, 0.3) is 0 Å². The van der Waals surface area contributed by atoms with Gasteiger partial charge < -0.3 is 15.3 Å². The zero-order valence-electron chi connectivity index (χ0n) is 10.9. The number of anilines is 1. The summed E-state index contributed by atoms with van der Waals surface area (Å²) in [5.74, 6) is 0.386. The predicted octanol–water partition coefficient (Wildman–Crippen LogP) is 1.57. The molecule has 1 amide bonds. The predicted molar refractivity (Wildman–Crippen MR) is 71.7 cm³/mol. The molecule has 1 fully saturated rings. The lowest BCUT2D eigenvalue weighted by atomic mass is 10.0. The third-order valence-electron chi connectivity index (χ3n) is 3.75. The summed E-state index contributed by atoms with van der Waals surface area (Å²) in [6, 6.07) is 7.39. The van der Waals surface area contributed by atoms with Crippen LogP contribution in [0.4, 0.5) is 5.69 Å². The molecule has 4 heteroatoms. The van der Waals surface area contributed by atoms with Gasteiger partial charge in [-0.2, -0.15) is 0 Å². The summed E-state index contributed by atoms with van der Waals surface area (Å²) in [4.78, 5) is 14.1. The van der Waals surface area contributed by atoms with E-state index in [-0.39, 0.29) is 18.6 Å². The Balaban J connectivity index is 2.15. The highest BCUT2D eigenvalue weighted by atomic mass is 16.3. The number of aliphatic hydroxyl groups is 1. The first-order chi connectivity index (χ1) is 8.67. The van der Waals surface area contributed by atoms with Crippen LogP contribution in [0.15, 0.2) is 24.3 Å². The summed E-state index contributed by atoms with van der Waals surface area (Å²) in [5, 5.41) is 12.4. The van der Waals surface area contributed by atoms with Crippen LogP contribution in [0.3, 0.4) is 0 Å². The van der Waals surface area contributed by atoms with Crippen LogP contribution in [0.5, 0.6) is 0 Å². The molecule has 0 aromatic heterocycles. The molecule has 1 aliphatic rings. The summed E-state index contributed by atoms with van der Waals surface area (Å²) in [7, 11) is 1.85. The normalized spacial score (nSPS) is 23.2. The highest BCUT2D eigenvalue weighted by molar-refractivity contribution is 5.95. The van der Waals surface area contributed by atoms with Crippen molar-refractivity contribution in [1.29, 1.82) is 0 Å². The largest absolute Gasteiger partial charge is 0.394 e. The number of hydrogen-bond acceptors (Lipinski definition) is 3. The van der Waals surface area contributed by atoms with Gasteiger partial charge in [-0.15, -0.1) is 0 Å². The fourth-order valence-electron chi connectivity index (χ4n) is 2.48. The van der Waals surface area contributed by atoms with Gasteiger partial charge in [0, 0.05) is 24.8 Å². The second kappa shape index (κ2) is 5.40. The van der Waals surface area contributed by atoms with Crippen LogP contribution in [0, 0.1) is 5.92 Å². The number of benzene rings is 1. The Labute approximate surface area is 108 Å². The molecule has 0 saturated carbocycles. The molecule has 2 unspecified atom stereocenters. The van der Waals surface area contributed by atoms with Gasteiger partial charge in [-0.3, -0.25) is 4.79 Å². The van der Waals surface area contributed by atoms with Crippen molar-refractivity contribution in [2.24, 2.45) is 5.92 Å². The van der Waals surface area contributed by atoms with Crippen LogP contribution in [-0.4, -0.2) is 42.2 Å². The third kappa shape index (κ3) is 2.34. The van der Waals surface area contributed by atoms with Crippen molar-refractivity contribution < 1.29 is 9.90 Å². The van der Waals surface area contributed by atoms with Crippen LogP contribution >= 0.6 is 0 Å². The quantitative estimate of drug-likeness (QED) is 0.853. The molecule has 2 N–H and O–H groups in total. The van der Waals surface area contributed by atoms with Gasteiger partial charge in [0.05, 0.1) is 12.6 Å². The average Bonchev–Trinajstić information content (AvgIpc) is 2.79. The minimum Gasteiger partial charge on any atom is -0.394 e. The van der Waals surface area contributed by atoms with Crippen LogP contribution in [0.2, 0.25) is 0 Å². The van der Waals surface area contributed by atoms with E-state index >= 15 is 0 Å². The number of aliphatic hydroxyl groups excluding tert-OH is 1. The monoisotopic (exact) mass is 248 g/mol. The van der Waals surface area contributed by atoms with E-state index in [1.54, 1.807) is 4.90 Å². The molecule has 98 valence electrons. The smallest absolute Gasteiger partial charge is 0.254 e. The molecule has 0 spiro atoms. The number of hydrogen-bond donors (Lipinski definition) is 2. The lowest BCUT2D eigenvalue weighted by Gasteiger charge is -2.25. The number of rotatable bonds is 3. The van der Waals surface area contributed by atoms with Gasteiger partial charge in [-0.05, 0) is 36.6 Å². The molecule has 1 aromatic carbocycles. The maximum absolute atomic E-state index is 12.4. The molecule has 1 saturated heterocycles. The lowest BCUT2D eigenvalue weighted by Crippen LogP contribution is -2.39. The minimum atomic E-state index is -0.0403. The maximum atomic E-state index is 12.4. The molecule has 0 aliphatic carbocycles. The highest BCUT2D eigenvalue weighted by Crippen LogP contribution is 2.25. The van der Waals surface area contributed by atoms with Crippen LogP contribution in [0.1, 0.15) is 23.7 Å². The number of nitrogens with zero attached hydrogens (tertiary/aromatic N) is 1. The Morgan fingerprint density at radius 2 is 2.11 bits per heavy atom. The molecule has 18 heavy (non-hydrogen) atoms. The van der Waals surface area contributed by atoms with Crippen molar-refractivity contribution in [3.05, 3.63) is 29.8 Å². The van der Waals surface area contributed by atoms with E-state index in [0.29, 0.717) is 11.5 Å². The standard InChI is InChI=1S/C14H20N2O2/c1-10-7-8-16(13(10)9-17)14(18)11-3-5-12(15-2)6-4-11/h3-6,10,13,15,17H,7-9H2,1-2H3. The number of likely N-dealkylation sites (tertiary alicyclic amines) is 1. The van der Waals surface area contributed by atoms with Crippen molar-refractivity contribution in [2.75, 3.05) is 25.5 Å². The first-order valence-electron chi connectivity index (χ1n) is 6.37. The molecule has 2 rings (SSSR count). The molecule has 0 bridgehead atoms. The molecular weight excluding hydrogens is 228 g/mol. The van der Waals surface area contributed by atoms with Gasteiger partial charge in [-0.25, -0.2) is 0 Å². The zero-order valence-corrected chi connectivity index (χ0v) is 10.9. The fraction of sp³-hybridized carbons (Fsp3) is 0.500. The highest BCUT2D eigenvalue weighted by Gasteiger charge is 2.34. The molecular formula is C14H20N2O2. The average molecular weight is 248 g/mol. The van der Waals surface area contributed by atoms with Gasteiger partial charge in [-0.1, -0.05) is 6.92 Å². The van der Waals surface area contributed by atoms with Crippen molar-refractivity contribution in [2.45, 2.75) is 19.4 Å². The summed E-state index contributed by atoms with van der Waals surface area (Å²) in [5.41, 5.74) is 1.67. The minimum absolute atomic E-state index is 0.0149. The maximum Gasteiger partial charge on any atom is 0.254 e. The Morgan fingerprint density at radius 3 is 2.67 bits per heavy atom. The van der Waals surface area contributed by atoms with Crippen LogP contribution in [-0.2, 0) is 0 Å².